The van der Waals surface area contributed by atoms with Gasteiger partial charge in [0.05, 0.1) is 11.0 Å². The van der Waals surface area contributed by atoms with Crippen LogP contribution in [0.5, 0.6) is 0 Å². The monoisotopic (exact) mass is 808 g/mol. The van der Waals surface area contributed by atoms with Gasteiger partial charge in [-0.2, -0.15) is 0 Å². The molecule has 15 rings (SSSR count). The summed E-state index contributed by atoms with van der Waals surface area (Å²) in [6.45, 7) is 0. The second-order valence-corrected chi connectivity index (χ2v) is 18.8. The maximum Gasteiger partial charge on any atom is 0.164 e. The number of aromatic nitrogens is 4. The van der Waals surface area contributed by atoms with Gasteiger partial charge in [0.15, 0.2) is 17.5 Å². The molecule has 10 aromatic rings. The molecule has 4 fully saturated rings. The molecule has 0 unspecified atom stereocenters. The number of rotatable bonds is 5. The minimum Gasteiger partial charge on any atom is -0.309 e. The first kappa shape index (κ1) is 35.4. The zero-order valence-corrected chi connectivity index (χ0v) is 35.0. The summed E-state index contributed by atoms with van der Waals surface area (Å²) in [5, 5.41) is 5.14. The quantitative estimate of drug-likeness (QED) is 0.174. The van der Waals surface area contributed by atoms with Crippen molar-refractivity contribution < 1.29 is 0 Å². The van der Waals surface area contributed by atoms with Crippen LogP contribution in [0.1, 0.15) is 43.2 Å². The number of hydrogen-bond donors (Lipinski definition) is 0. The van der Waals surface area contributed by atoms with E-state index >= 15 is 0 Å². The normalized spacial score (nSPS) is 21.7. The van der Waals surface area contributed by atoms with Crippen molar-refractivity contribution in [2.24, 2.45) is 23.7 Å². The van der Waals surface area contributed by atoms with Crippen molar-refractivity contribution in [3.63, 3.8) is 0 Å². The fourth-order valence-electron chi connectivity index (χ4n) is 13.3. The number of fused-ring (bicyclic) bond motifs is 7. The molecule has 4 heteroatoms. The van der Waals surface area contributed by atoms with Gasteiger partial charge < -0.3 is 4.57 Å². The van der Waals surface area contributed by atoms with Crippen molar-refractivity contribution in [2.75, 3.05) is 0 Å². The molecule has 2 heterocycles. The molecular formula is C59H44N4. The van der Waals surface area contributed by atoms with Crippen LogP contribution in [0, 0.1) is 23.7 Å². The third kappa shape index (κ3) is 5.18. The third-order valence-corrected chi connectivity index (χ3v) is 15.6. The number of nitrogens with zero attached hydrogens (tertiary/aromatic N) is 4. The van der Waals surface area contributed by atoms with Crippen molar-refractivity contribution in [1.29, 1.82) is 0 Å². The van der Waals surface area contributed by atoms with E-state index in [1.165, 1.54) is 86.9 Å². The Balaban J connectivity index is 0.943. The van der Waals surface area contributed by atoms with Crippen LogP contribution >= 0.6 is 0 Å². The van der Waals surface area contributed by atoms with E-state index in [1.807, 2.05) is 0 Å². The van der Waals surface area contributed by atoms with Crippen LogP contribution in [0.3, 0.4) is 0 Å². The van der Waals surface area contributed by atoms with Crippen LogP contribution in [0.2, 0.25) is 0 Å². The first-order valence-electron chi connectivity index (χ1n) is 22.9. The minimum absolute atomic E-state index is 0.0230. The molecular weight excluding hydrogens is 765 g/mol. The standard InChI is InChI=1S/C59H44N4/c1-3-13-38(14-4-1)56-60-57(42-18-11-17-41(32-42)47-22-12-24-54-55(47)49-21-9-10-23-53(49)63(54)46-19-5-2-6-20-46)62-58(61-56)43-25-26-48-50-33-39-15-7-8-16-40(39)34-52(50)59(51(48)35-43)44-28-36-27-37(30-44)31-45(59)29-36/h1-26,32-37,44-45H,27-31H2. The molecule has 5 aliphatic rings. The fourth-order valence-corrected chi connectivity index (χ4v) is 13.3. The Morgan fingerprint density at radius 2 is 0.968 bits per heavy atom. The Labute approximate surface area is 367 Å². The lowest BCUT2D eigenvalue weighted by Crippen LogP contribution is -2.55. The molecule has 0 atom stereocenters. The summed E-state index contributed by atoms with van der Waals surface area (Å²) in [4.78, 5) is 16.0. The highest BCUT2D eigenvalue weighted by atomic mass is 15.0. The van der Waals surface area contributed by atoms with Gasteiger partial charge in [-0.1, -0.05) is 133 Å². The second kappa shape index (κ2) is 13.4. The molecule has 1 spiro atoms. The zero-order chi connectivity index (χ0) is 41.2. The average Bonchev–Trinajstić information content (AvgIpc) is 3.82. The molecule has 4 nitrogen and oxygen atoms in total. The first-order valence-corrected chi connectivity index (χ1v) is 22.9. The zero-order valence-electron chi connectivity index (χ0n) is 35.0. The predicted octanol–water partition coefficient (Wildman–Crippen LogP) is 14.5. The number of hydrogen-bond acceptors (Lipinski definition) is 3. The Bertz CT molecular complexity index is 3450. The summed E-state index contributed by atoms with van der Waals surface area (Å²) in [6, 6.07) is 66.5. The molecule has 0 aliphatic heterocycles. The summed E-state index contributed by atoms with van der Waals surface area (Å²) in [5.74, 6) is 5.16. The summed E-state index contributed by atoms with van der Waals surface area (Å²) >= 11 is 0. The van der Waals surface area contributed by atoms with E-state index in [1.54, 1.807) is 5.56 Å². The van der Waals surface area contributed by atoms with E-state index in [0.29, 0.717) is 23.5 Å². The largest absolute Gasteiger partial charge is 0.309 e. The molecule has 0 N–H and O–H groups in total. The molecule has 0 saturated heterocycles. The number of para-hydroxylation sites is 2. The van der Waals surface area contributed by atoms with E-state index < -0.39 is 0 Å². The maximum atomic E-state index is 5.41. The van der Waals surface area contributed by atoms with E-state index in [9.17, 15) is 0 Å². The third-order valence-electron chi connectivity index (χ3n) is 15.6. The lowest BCUT2D eigenvalue weighted by Gasteiger charge is -2.61. The highest BCUT2D eigenvalue weighted by Gasteiger charge is 2.61. The fraction of sp³-hybridized carbons (Fsp3) is 0.169. The van der Waals surface area contributed by atoms with Gasteiger partial charge >= 0.3 is 0 Å². The van der Waals surface area contributed by atoms with E-state index in [4.69, 9.17) is 15.0 Å². The molecule has 5 aliphatic carbocycles. The van der Waals surface area contributed by atoms with Gasteiger partial charge in [0.1, 0.15) is 0 Å². The van der Waals surface area contributed by atoms with Crippen LogP contribution in [-0.2, 0) is 5.41 Å². The topological polar surface area (TPSA) is 43.6 Å². The molecule has 63 heavy (non-hydrogen) atoms. The second-order valence-electron chi connectivity index (χ2n) is 18.8. The maximum absolute atomic E-state index is 5.41. The summed E-state index contributed by atoms with van der Waals surface area (Å²) < 4.78 is 2.38. The molecule has 300 valence electrons. The van der Waals surface area contributed by atoms with Crippen molar-refractivity contribution in [3.05, 3.63) is 193 Å². The first-order chi connectivity index (χ1) is 31.2. The van der Waals surface area contributed by atoms with Crippen molar-refractivity contribution >= 4 is 32.6 Å². The van der Waals surface area contributed by atoms with Gasteiger partial charge in [-0.05, 0) is 148 Å². The average molecular weight is 809 g/mol. The van der Waals surface area contributed by atoms with E-state index in [0.717, 1.165) is 45.6 Å². The molecule has 0 radical (unpaired) electrons. The molecule has 2 aromatic heterocycles. The summed E-state index contributed by atoms with van der Waals surface area (Å²) in [5.41, 5.74) is 14.8. The lowest BCUT2D eigenvalue weighted by atomic mass is 9.43. The Hall–Kier alpha value is -7.17. The molecule has 4 saturated carbocycles. The van der Waals surface area contributed by atoms with Crippen LogP contribution in [0.25, 0.3) is 94.7 Å². The van der Waals surface area contributed by atoms with Crippen molar-refractivity contribution in [2.45, 2.75) is 37.5 Å². The van der Waals surface area contributed by atoms with Crippen LogP contribution in [-0.4, -0.2) is 19.5 Å². The number of benzene rings is 8. The van der Waals surface area contributed by atoms with Crippen molar-refractivity contribution in [3.8, 4) is 62.1 Å². The summed E-state index contributed by atoms with van der Waals surface area (Å²) in [7, 11) is 0. The molecule has 0 amide bonds. The highest BCUT2D eigenvalue weighted by molar-refractivity contribution is 6.15. The van der Waals surface area contributed by atoms with Crippen LogP contribution < -0.4 is 0 Å². The van der Waals surface area contributed by atoms with E-state index in [2.05, 4.69) is 187 Å². The van der Waals surface area contributed by atoms with Crippen molar-refractivity contribution in [1.82, 2.24) is 19.5 Å². The van der Waals surface area contributed by atoms with Gasteiger partial charge in [-0.3, -0.25) is 0 Å². The predicted molar refractivity (Wildman–Crippen MR) is 257 cm³/mol. The minimum atomic E-state index is 0.0230. The highest BCUT2D eigenvalue weighted by Crippen LogP contribution is 2.69. The van der Waals surface area contributed by atoms with Gasteiger partial charge in [0.25, 0.3) is 0 Å². The van der Waals surface area contributed by atoms with E-state index in [-0.39, 0.29) is 5.41 Å². The van der Waals surface area contributed by atoms with Gasteiger partial charge in [-0.25, -0.2) is 15.0 Å². The Kier molecular flexibility index (Phi) is 7.54. The summed E-state index contributed by atoms with van der Waals surface area (Å²) in [6.07, 6.45) is 6.80. The molecule has 4 bridgehead atoms. The van der Waals surface area contributed by atoms with Gasteiger partial charge in [0, 0.05) is 38.6 Å². The van der Waals surface area contributed by atoms with Gasteiger partial charge in [0.2, 0.25) is 0 Å². The smallest absolute Gasteiger partial charge is 0.164 e. The van der Waals surface area contributed by atoms with Crippen LogP contribution in [0.15, 0.2) is 182 Å². The Morgan fingerprint density at radius 3 is 1.73 bits per heavy atom. The lowest BCUT2D eigenvalue weighted by molar-refractivity contribution is -0.0398. The SMILES string of the molecule is c1ccc(-c2nc(-c3cccc(-c4cccc5c4c4ccccc4n5-c4ccccc4)c3)nc(-c3ccc4c(c3)C3(c5cc6ccccc6cc5-4)C4CC5CC(C4)CC3C5)n2)cc1. The van der Waals surface area contributed by atoms with Gasteiger partial charge in [-0.15, -0.1) is 0 Å². The Morgan fingerprint density at radius 1 is 0.397 bits per heavy atom. The molecule has 8 aromatic carbocycles. The van der Waals surface area contributed by atoms with Crippen LogP contribution in [0.4, 0.5) is 0 Å².